The number of carbonyl (C=O) groups is 1. The fraction of sp³-hybridized carbons (Fsp3) is 0.0833. The van der Waals surface area contributed by atoms with Crippen LogP contribution in [0.5, 0.6) is 0 Å². The van der Waals surface area contributed by atoms with Gasteiger partial charge in [-0.05, 0) is 60.2 Å². The largest absolute Gasteiger partial charge is 0.299 e. The molecule has 0 bridgehead atoms. The van der Waals surface area contributed by atoms with Crippen LogP contribution in [0.25, 0.3) is 0 Å². The first kappa shape index (κ1) is 18.3. The second-order valence-corrected chi connectivity index (χ2v) is 6.59. The van der Waals surface area contributed by atoms with Crippen LogP contribution in [0.15, 0.2) is 65.8 Å². The minimum atomic E-state index is -0.302. The van der Waals surface area contributed by atoms with Crippen molar-refractivity contribution < 1.29 is 9.18 Å². The van der Waals surface area contributed by atoms with Crippen molar-refractivity contribution in [3.05, 3.63) is 94.6 Å². The van der Waals surface area contributed by atoms with E-state index >= 15 is 0 Å². The lowest BCUT2D eigenvalue weighted by Crippen LogP contribution is -2.09. The number of hydrogen-bond acceptors (Lipinski definition) is 4. The van der Waals surface area contributed by atoms with Gasteiger partial charge in [0.1, 0.15) is 23.4 Å². The van der Waals surface area contributed by atoms with Crippen LogP contribution in [-0.4, -0.2) is 16.5 Å². The molecule has 0 N–H and O–H groups in total. The van der Waals surface area contributed by atoms with E-state index in [1.807, 2.05) is 24.3 Å². The van der Waals surface area contributed by atoms with Crippen LogP contribution >= 0.6 is 0 Å². The van der Waals surface area contributed by atoms with Crippen molar-refractivity contribution in [2.45, 2.75) is 12.8 Å². The van der Waals surface area contributed by atoms with E-state index in [1.54, 1.807) is 30.5 Å². The number of aromatic nitrogens is 1. The number of halogens is 1. The third-order valence-corrected chi connectivity index (χ3v) is 4.49. The van der Waals surface area contributed by atoms with E-state index in [0.29, 0.717) is 17.0 Å². The highest BCUT2D eigenvalue weighted by molar-refractivity contribution is 6.13. The number of benzene rings is 2. The number of hydrogen-bond donors (Lipinski definition) is 0. The molecule has 1 aromatic heterocycles. The summed E-state index contributed by atoms with van der Waals surface area (Å²) >= 11 is 0. The van der Waals surface area contributed by atoms with Crippen molar-refractivity contribution >= 4 is 17.2 Å². The van der Waals surface area contributed by atoms with E-state index in [0.717, 1.165) is 16.7 Å². The van der Waals surface area contributed by atoms with Gasteiger partial charge < -0.3 is 0 Å². The molecule has 0 radical (unpaired) electrons. The molecule has 2 heterocycles. The van der Waals surface area contributed by atoms with Crippen molar-refractivity contribution in [3.8, 4) is 17.9 Å². The van der Waals surface area contributed by atoms with E-state index in [-0.39, 0.29) is 30.1 Å². The highest BCUT2D eigenvalue weighted by Crippen LogP contribution is 2.27. The molecule has 0 fully saturated rings. The summed E-state index contributed by atoms with van der Waals surface area (Å²) in [5.41, 5.74) is 4.63. The minimum absolute atomic E-state index is 0.0430. The summed E-state index contributed by atoms with van der Waals surface area (Å²) in [6.45, 7) is 0. The van der Waals surface area contributed by atoms with Gasteiger partial charge in [0, 0.05) is 35.7 Å². The number of carbonyl (C=O) groups excluding carboxylic acids is 1. The first-order chi connectivity index (χ1) is 14.1. The van der Waals surface area contributed by atoms with Gasteiger partial charge >= 0.3 is 0 Å². The Hall–Kier alpha value is -4.09. The van der Waals surface area contributed by atoms with Crippen LogP contribution in [-0.2, 0) is 11.2 Å². The quantitative estimate of drug-likeness (QED) is 0.597. The highest BCUT2D eigenvalue weighted by atomic mass is 19.1. The molecule has 2 aromatic carbocycles. The fourth-order valence-electron chi connectivity index (χ4n) is 3.08. The number of nitrogens with zero attached hydrogens (tertiary/aromatic N) is 3. The molecule has 0 aliphatic carbocycles. The zero-order chi connectivity index (χ0) is 20.2. The molecule has 0 amide bonds. The third-order valence-electron chi connectivity index (χ3n) is 4.49. The summed E-state index contributed by atoms with van der Waals surface area (Å²) in [5, 5.41) is 9.05. The Morgan fingerprint density at radius 2 is 1.69 bits per heavy atom. The molecule has 3 aromatic rings. The number of nitriles is 1. The van der Waals surface area contributed by atoms with E-state index in [4.69, 9.17) is 5.26 Å². The molecule has 0 atom stereocenters. The molecular formula is C24H14FN3O. The second-order valence-electron chi connectivity index (χ2n) is 6.59. The van der Waals surface area contributed by atoms with Gasteiger partial charge in [-0.1, -0.05) is 11.8 Å². The Kier molecular flexibility index (Phi) is 4.97. The monoisotopic (exact) mass is 379 g/mol. The average Bonchev–Trinajstić information content (AvgIpc) is 2.91. The van der Waals surface area contributed by atoms with Gasteiger partial charge in [-0.15, -0.1) is 0 Å². The summed E-state index contributed by atoms with van der Waals surface area (Å²) in [6.07, 6.45) is 2.01. The number of pyridine rings is 1. The SMILES string of the molecule is N#Cc1cc(C2=Nc3ccc(C#Cc4ccc(F)cc4)cc3CC(=O)C2)ccn1. The molecule has 4 rings (SSSR count). The molecule has 1 aliphatic heterocycles. The Morgan fingerprint density at radius 3 is 2.48 bits per heavy atom. The molecular weight excluding hydrogens is 365 g/mol. The maximum absolute atomic E-state index is 13.0. The standard InChI is InChI=1S/C24H14FN3O/c25-20-6-3-16(4-7-20)1-2-17-5-8-23-19(11-17)13-22(29)14-24(28-23)18-9-10-27-21(12-18)15-26/h3-12H,13-14H2. The third kappa shape index (κ3) is 4.26. The normalized spacial score (nSPS) is 12.7. The van der Waals surface area contributed by atoms with Crippen LogP contribution in [0.1, 0.15) is 34.4 Å². The van der Waals surface area contributed by atoms with Crippen LogP contribution in [0.4, 0.5) is 10.1 Å². The lowest BCUT2D eigenvalue weighted by molar-refractivity contribution is -0.117. The van der Waals surface area contributed by atoms with Crippen molar-refractivity contribution in [1.82, 2.24) is 4.98 Å². The van der Waals surface area contributed by atoms with Crippen LogP contribution in [0, 0.1) is 29.0 Å². The Bertz CT molecular complexity index is 1240. The first-order valence-electron chi connectivity index (χ1n) is 8.97. The smallest absolute Gasteiger partial charge is 0.143 e. The first-order valence-corrected chi connectivity index (χ1v) is 8.97. The molecule has 0 spiro atoms. The van der Waals surface area contributed by atoms with E-state index in [2.05, 4.69) is 21.8 Å². The number of fused-ring (bicyclic) bond motifs is 1. The summed E-state index contributed by atoms with van der Waals surface area (Å²) < 4.78 is 13.0. The average molecular weight is 379 g/mol. The molecule has 0 saturated carbocycles. The zero-order valence-electron chi connectivity index (χ0n) is 15.3. The molecule has 0 saturated heterocycles. The highest BCUT2D eigenvalue weighted by Gasteiger charge is 2.18. The lowest BCUT2D eigenvalue weighted by atomic mass is 10.0. The summed E-state index contributed by atoms with van der Waals surface area (Å²) in [6, 6.07) is 16.9. The van der Waals surface area contributed by atoms with Crippen LogP contribution in [0.2, 0.25) is 0 Å². The van der Waals surface area contributed by atoms with Gasteiger partial charge in [-0.2, -0.15) is 5.26 Å². The molecule has 29 heavy (non-hydrogen) atoms. The number of Topliss-reactive ketones (excluding diaryl/α,β-unsaturated/α-hetero) is 1. The molecule has 138 valence electrons. The van der Waals surface area contributed by atoms with E-state index in [9.17, 15) is 9.18 Å². The van der Waals surface area contributed by atoms with Crippen LogP contribution < -0.4 is 0 Å². The van der Waals surface area contributed by atoms with E-state index < -0.39 is 0 Å². The zero-order valence-corrected chi connectivity index (χ0v) is 15.3. The van der Waals surface area contributed by atoms with Crippen LogP contribution in [0.3, 0.4) is 0 Å². The molecule has 1 aliphatic rings. The van der Waals surface area contributed by atoms with Gasteiger partial charge in [0.05, 0.1) is 11.4 Å². The fourth-order valence-corrected chi connectivity index (χ4v) is 3.08. The number of rotatable bonds is 1. The summed E-state index contributed by atoms with van der Waals surface area (Å²) in [5.74, 6) is 5.78. The molecule has 5 heteroatoms. The van der Waals surface area contributed by atoms with Crippen molar-refractivity contribution in [1.29, 1.82) is 5.26 Å². The van der Waals surface area contributed by atoms with Crippen molar-refractivity contribution in [2.24, 2.45) is 4.99 Å². The predicted octanol–water partition coefficient (Wildman–Crippen LogP) is 4.13. The van der Waals surface area contributed by atoms with Gasteiger partial charge in [0.25, 0.3) is 0 Å². The Labute approximate surface area is 167 Å². The molecule has 0 unspecified atom stereocenters. The number of ketones is 1. The minimum Gasteiger partial charge on any atom is -0.299 e. The maximum atomic E-state index is 13.0. The van der Waals surface area contributed by atoms with Crippen molar-refractivity contribution in [2.75, 3.05) is 0 Å². The van der Waals surface area contributed by atoms with Gasteiger partial charge in [0.15, 0.2) is 0 Å². The number of aliphatic imine (C=N–C) groups is 1. The predicted molar refractivity (Wildman–Crippen MR) is 107 cm³/mol. The summed E-state index contributed by atoms with van der Waals surface area (Å²) in [7, 11) is 0. The van der Waals surface area contributed by atoms with Gasteiger partial charge in [0.2, 0.25) is 0 Å². The lowest BCUT2D eigenvalue weighted by Gasteiger charge is -2.04. The van der Waals surface area contributed by atoms with Gasteiger partial charge in [-0.3, -0.25) is 9.79 Å². The second kappa shape index (κ2) is 7.88. The summed E-state index contributed by atoms with van der Waals surface area (Å²) in [4.78, 5) is 21.1. The van der Waals surface area contributed by atoms with Gasteiger partial charge in [-0.25, -0.2) is 9.37 Å². The topological polar surface area (TPSA) is 66.1 Å². The maximum Gasteiger partial charge on any atom is 0.143 e. The van der Waals surface area contributed by atoms with Crippen molar-refractivity contribution in [3.63, 3.8) is 0 Å². The Balaban J connectivity index is 1.68. The Morgan fingerprint density at radius 1 is 0.931 bits per heavy atom. The molecule has 4 nitrogen and oxygen atoms in total. The van der Waals surface area contributed by atoms with E-state index in [1.165, 1.54) is 12.1 Å².